The first-order chi connectivity index (χ1) is 12.1. The Morgan fingerprint density at radius 1 is 1.20 bits per heavy atom. The zero-order chi connectivity index (χ0) is 17.4. The van der Waals surface area contributed by atoms with E-state index in [-0.39, 0.29) is 6.03 Å². The lowest BCUT2D eigenvalue weighted by molar-refractivity contribution is 0.255. The van der Waals surface area contributed by atoms with E-state index in [0.29, 0.717) is 17.3 Å². The molecule has 1 N–H and O–H groups in total. The highest BCUT2D eigenvalue weighted by molar-refractivity contribution is 6.30. The van der Waals surface area contributed by atoms with Crippen LogP contribution < -0.4 is 10.2 Å². The van der Waals surface area contributed by atoms with E-state index in [0.717, 1.165) is 30.2 Å². The van der Waals surface area contributed by atoms with Crippen LogP contribution in [0.4, 0.5) is 16.3 Å². The van der Waals surface area contributed by atoms with Crippen molar-refractivity contribution in [1.29, 1.82) is 0 Å². The van der Waals surface area contributed by atoms with Crippen LogP contribution in [0.1, 0.15) is 6.42 Å². The molecule has 7 heteroatoms. The molecule has 2 amide bonds. The standard InChI is InChI=1S/C18H18ClN5O/c1-22-8-3-7-16(22)15-12-17-23(9-4-10-24(17)21-15)18(25)20-14-6-2-5-13(19)11-14/h2-3,5-8,11-12H,4,9-10H2,1H3,(H,20,25). The largest absolute Gasteiger partial charge is 0.349 e. The summed E-state index contributed by atoms with van der Waals surface area (Å²) in [5.41, 5.74) is 2.57. The predicted molar refractivity (Wildman–Crippen MR) is 99.1 cm³/mol. The number of carbonyl (C=O) groups is 1. The third-order valence-corrected chi connectivity index (χ3v) is 4.55. The van der Waals surface area contributed by atoms with Gasteiger partial charge in [-0.2, -0.15) is 5.10 Å². The van der Waals surface area contributed by atoms with Gasteiger partial charge in [-0.05, 0) is 36.8 Å². The van der Waals surface area contributed by atoms with Gasteiger partial charge in [0.1, 0.15) is 11.5 Å². The number of hydrogen-bond acceptors (Lipinski definition) is 2. The molecule has 2 aromatic heterocycles. The van der Waals surface area contributed by atoms with Gasteiger partial charge < -0.3 is 9.88 Å². The summed E-state index contributed by atoms with van der Waals surface area (Å²) in [7, 11) is 1.98. The second-order valence-electron chi connectivity index (χ2n) is 6.06. The van der Waals surface area contributed by atoms with Crippen LogP contribution in [0, 0.1) is 0 Å². The van der Waals surface area contributed by atoms with E-state index < -0.39 is 0 Å². The zero-order valence-electron chi connectivity index (χ0n) is 13.8. The van der Waals surface area contributed by atoms with E-state index in [1.807, 2.05) is 52.8 Å². The first-order valence-electron chi connectivity index (χ1n) is 8.15. The average molecular weight is 356 g/mol. The monoisotopic (exact) mass is 355 g/mol. The Morgan fingerprint density at radius 3 is 2.84 bits per heavy atom. The van der Waals surface area contributed by atoms with Crippen LogP contribution in [0.5, 0.6) is 0 Å². The van der Waals surface area contributed by atoms with Crippen LogP contribution >= 0.6 is 11.6 Å². The van der Waals surface area contributed by atoms with Crippen molar-refractivity contribution in [2.24, 2.45) is 7.05 Å². The van der Waals surface area contributed by atoms with Crippen LogP contribution in [-0.2, 0) is 13.6 Å². The molecule has 4 rings (SSSR count). The van der Waals surface area contributed by atoms with Gasteiger partial charge in [-0.15, -0.1) is 0 Å². The smallest absolute Gasteiger partial charge is 0.327 e. The SMILES string of the molecule is Cn1cccc1-c1cc2n(n1)CCCN2C(=O)Nc1cccc(Cl)c1. The van der Waals surface area contributed by atoms with Gasteiger partial charge in [-0.3, -0.25) is 4.90 Å². The lowest BCUT2D eigenvalue weighted by Gasteiger charge is -2.27. The Kier molecular flexibility index (Phi) is 3.97. The quantitative estimate of drug-likeness (QED) is 0.755. The van der Waals surface area contributed by atoms with E-state index in [2.05, 4.69) is 10.4 Å². The molecule has 6 nitrogen and oxygen atoms in total. The fourth-order valence-corrected chi connectivity index (χ4v) is 3.29. The summed E-state index contributed by atoms with van der Waals surface area (Å²) in [6.07, 6.45) is 2.85. The van der Waals surface area contributed by atoms with E-state index in [9.17, 15) is 4.79 Å². The van der Waals surface area contributed by atoms with E-state index in [1.165, 1.54) is 0 Å². The third-order valence-electron chi connectivity index (χ3n) is 4.31. The molecule has 1 aromatic carbocycles. The molecule has 0 spiro atoms. The summed E-state index contributed by atoms with van der Waals surface area (Å²) in [4.78, 5) is 14.5. The minimum absolute atomic E-state index is 0.179. The molecule has 128 valence electrons. The topological polar surface area (TPSA) is 55.1 Å². The van der Waals surface area contributed by atoms with Gasteiger partial charge in [0, 0.05) is 43.1 Å². The number of anilines is 2. The molecule has 0 aliphatic carbocycles. The summed E-state index contributed by atoms with van der Waals surface area (Å²) in [5.74, 6) is 0.807. The molecule has 1 aliphatic heterocycles. The lowest BCUT2D eigenvalue weighted by atomic mass is 10.2. The minimum atomic E-state index is -0.179. The summed E-state index contributed by atoms with van der Waals surface area (Å²) in [6, 6.07) is 12.9. The fourth-order valence-electron chi connectivity index (χ4n) is 3.10. The van der Waals surface area contributed by atoms with Gasteiger partial charge in [0.25, 0.3) is 0 Å². The minimum Gasteiger partial charge on any atom is -0.349 e. The molecule has 0 radical (unpaired) electrons. The first kappa shape index (κ1) is 15.8. The van der Waals surface area contributed by atoms with E-state index in [1.54, 1.807) is 17.0 Å². The average Bonchev–Trinajstić information content (AvgIpc) is 3.19. The number of rotatable bonds is 2. The van der Waals surface area contributed by atoms with Crippen LogP contribution in [0.15, 0.2) is 48.7 Å². The molecule has 3 heterocycles. The van der Waals surface area contributed by atoms with Crippen molar-refractivity contribution in [2.75, 3.05) is 16.8 Å². The molecule has 0 saturated heterocycles. The Labute approximate surface area is 150 Å². The lowest BCUT2D eigenvalue weighted by Crippen LogP contribution is -2.40. The second-order valence-corrected chi connectivity index (χ2v) is 6.50. The second kappa shape index (κ2) is 6.29. The number of fused-ring (bicyclic) bond motifs is 1. The number of benzene rings is 1. The fraction of sp³-hybridized carbons (Fsp3) is 0.222. The summed E-state index contributed by atoms with van der Waals surface area (Å²) in [6.45, 7) is 1.46. The molecule has 3 aromatic rings. The molecular formula is C18H18ClN5O. The zero-order valence-corrected chi connectivity index (χ0v) is 14.6. The van der Waals surface area contributed by atoms with Crippen molar-refractivity contribution in [2.45, 2.75) is 13.0 Å². The van der Waals surface area contributed by atoms with Crippen molar-refractivity contribution >= 4 is 29.1 Å². The maximum absolute atomic E-state index is 12.7. The third kappa shape index (κ3) is 3.00. The van der Waals surface area contributed by atoms with Crippen molar-refractivity contribution in [3.05, 3.63) is 53.7 Å². The Morgan fingerprint density at radius 2 is 2.08 bits per heavy atom. The van der Waals surface area contributed by atoms with Gasteiger partial charge in [0.15, 0.2) is 0 Å². The number of halogens is 1. The molecule has 0 fully saturated rings. The van der Waals surface area contributed by atoms with Gasteiger partial charge in [0.05, 0.1) is 5.69 Å². The number of hydrogen-bond donors (Lipinski definition) is 1. The number of urea groups is 1. The molecule has 0 atom stereocenters. The highest BCUT2D eigenvalue weighted by atomic mass is 35.5. The summed E-state index contributed by atoms with van der Waals surface area (Å²) >= 11 is 5.99. The van der Waals surface area contributed by atoms with Crippen LogP contribution in [0.25, 0.3) is 11.4 Å². The van der Waals surface area contributed by atoms with Crippen LogP contribution in [0.2, 0.25) is 5.02 Å². The molecular weight excluding hydrogens is 338 g/mol. The number of carbonyl (C=O) groups excluding carboxylic acids is 1. The predicted octanol–water partition coefficient (Wildman–Crippen LogP) is 3.98. The molecule has 0 bridgehead atoms. The van der Waals surface area contributed by atoms with E-state index >= 15 is 0 Å². The van der Waals surface area contributed by atoms with Crippen molar-refractivity contribution in [3.63, 3.8) is 0 Å². The number of nitrogens with one attached hydrogen (secondary N) is 1. The van der Waals surface area contributed by atoms with Crippen molar-refractivity contribution in [1.82, 2.24) is 14.3 Å². The Bertz CT molecular complexity index is 929. The van der Waals surface area contributed by atoms with Crippen molar-refractivity contribution in [3.8, 4) is 11.4 Å². The molecule has 0 unspecified atom stereocenters. The van der Waals surface area contributed by atoms with Gasteiger partial charge in [-0.25, -0.2) is 9.48 Å². The highest BCUT2D eigenvalue weighted by Crippen LogP contribution is 2.28. The Balaban J connectivity index is 1.62. The maximum Gasteiger partial charge on any atom is 0.327 e. The van der Waals surface area contributed by atoms with E-state index in [4.69, 9.17) is 11.6 Å². The maximum atomic E-state index is 12.7. The van der Waals surface area contributed by atoms with Gasteiger partial charge >= 0.3 is 6.03 Å². The van der Waals surface area contributed by atoms with Crippen LogP contribution in [-0.4, -0.2) is 26.9 Å². The number of amides is 2. The highest BCUT2D eigenvalue weighted by Gasteiger charge is 2.25. The molecule has 25 heavy (non-hydrogen) atoms. The summed E-state index contributed by atoms with van der Waals surface area (Å²) < 4.78 is 3.91. The normalized spacial score (nSPS) is 13.6. The van der Waals surface area contributed by atoms with Crippen LogP contribution in [0.3, 0.4) is 0 Å². The van der Waals surface area contributed by atoms with Gasteiger partial charge in [-0.1, -0.05) is 17.7 Å². The number of aromatic nitrogens is 3. The first-order valence-corrected chi connectivity index (χ1v) is 8.53. The summed E-state index contributed by atoms with van der Waals surface area (Å²) in [5, 5.41) is 8.16. The molecule has 0 saturated carbocycles. The molecule has 1 aliphatic rings. The number of aryl methyl sites for hydroxylation is 2. The number of nitrogens with zero attached hydrogens (tertiary/aromatic N) is 4. The Hall–Kier alpha value is -2.73. The van der Waals surface area contributed by atoms with Gasteiger partial charge in [0.2, 0.25) is 0 Å². The van der Waals surface area contributed by atoms with Crippen molar-refractivity contribution < 1.29 is 4.79 Å².